The van der Waals surface area contributed by atoms with E-state index >= 15 is 0 Å². The summed E-state index contributed by atoms with van der Waals surface area (Å²) in [7, 11) is 0. The largest absolute Gasteiger partial charge is 0.353 e. The van der Waals surface area contributed by atoms with Gasteiger partial charge < -0.3 is 5.32 Å². The van der Waals surface area contributed by atoms with E-state index in [0.717, 1.165) is 24.8 Å². The molecule has 0 bridgehead atoms. The van der Waals surface area contributed by atoms with Crippen LogP contribution in [0.15, 0.2) is 34.2 Å². The molecule has 144 valence electrons. The Kier molecular flexibility index (Phi) is 6.15. The van der Waals surface area contributed by atoms with E-state index < -0.39 is 0 Å². The standard InChI is InChI=1S/C19H25N5O2S/c1-4-6-11-23-17(26)14-9-7-8-10-15(14)24-18(23)21-22-19(24)27-12-16(25)20-13(3)5-2/h7-10,13H,4-6,11-12H2,1-3H3,(H,20,25)/t13-/m0/s1. The molecule has 0 radical (unpaired) electrons. The monoisotopic (exact) mass is 387 g/mol. The molecule has 3 rings (SSSR count). The fraction of sp³-hybridized carbons (Fsp3) is 0.474. The van der Waals surface area contributed by atoms with E-state index in [9.17, 15) is 9.59 Å². The Morgan fingerprint density at radius 3 is 2.78 bits per heavy atom. The van der Waals surface area contributed by atoms with E-state index in [4.69, 9.17) is 0 Å². The maximum atomic E-state index is 12.9. The molecular formula is C19H25N5O2S. The van der Waals surface area contributed by atoms with Crippen LogP contribution in [0.25, 0.3) is 16.7 Å². The summed E-state index contributed by atoms with van der Waals surface area (Å²) in [6.45, 7) is 6.70. The third-order valence-corrected chi connectivity index (χ3v) is 5.49. The van der Waals surface area contributed by atoms with Crippen LogP contribution in [-0.4, -0.2) is 36.9 Å². The van der Waals surface area contributed by atoms with Crippen LogP contribution in [-0.2, 0) is 11.3 Å². The molecule has 0 unspecified atom stereocenters. The van der Waals surface area contributed by atoms with Crippen LogP contribution in [0.1, 0.15) is 40.0 Å². The molecule has 2 heterocycles. The predicted octanol–water partition coefficient (Wildman–Crippen LogP) is 2.85. The maximum Gasteiger partial charge on any atom is 0.262 e. The zero-order valence-electron chi connectivity index (χ0n) is 15.9. The van der Waals surface area contributed by atoms with Crippen molar-refractivity contribution in [3.05, 3.63) is 34.6 Å². The second kappa shape index (κ2) is 8.56. The van der Waals surface area contributed by atoms with Crippen molar-refractivity contribution in [1.82, 2.24) is 24.5 Å². The van der Waals surface area contributed by atoms with Gasteiger partial charge >= 0.3 is 0 Å². The number of para-hydroxylation sites is 1. The van der Waals surface area contributed by atoms with Crippen molar-refractivity contribution in [3.63, 3.8) is 0 Å². The lowest BCUT2D eigenvalue weighted by Gasteiger charge is -2.12. The van der Waals surface area contributed by atoms with Crippen LogP contribution in [0.4, 0.5) is 0 Å². The number of nitrogens with one attached hydrogen (secondary N) is 1. The lowest BCUT2D eigenvalue weighted by molar-refractivity contribution is -0.119. The molecule has 27 heavy (non-hydrogen) atoms. The molecule has 0 fully saturated rings. The predicted molar refractivity (Wildman–Crippen MR) is 108 cm³/mol. The van der Waals surface area contributed by atoms with Crippen molar-refractivity contribution in [2.45, 2.75) is 57.8 Å². The minimum Gasteiger partial charge on any atom is -0.353 e. The van der Waals surface area contributed by atoms with Crippen molar-refractivity contribution in [1.29, 1.82) is 0 Å². The Balaban J connectivity index is 2.01. The lowest BCUT2D eigenvalue weighted by Crippen LogP contribution is -2.33. The molecule has 3 aromatic rings. The van der Waals surface area contributed by atoms with E-state index in [-0.39, 0.29) is 23.3 Å². The number of hydrogen-bond donors (Lipinski definition) is 1. The molecule has 1 amide bonds. The molecule has 0 saturated carbocycles. The van der Waals surface area contributed by atoms with Crippen molar-refractivity contribution in [2.24, 2.45) is 0 Å². The Labute approximate surface area is 162 Å². The van der Waals surface area contributed by atoms with Gasteiger partial charge in [-0.1, -0.05) is 44.2 Å². The van der Waals surface area contributed by atoms with E-state index in [2.05, 4.69) is 22.4 Å². The second-order valence-electron chi connectivity index (χ2n) is 6.61. The number of unbranched alkanes of at least 4 members (excludes halogenated alkanes) is 1. The molecule has 8 heteroatoms. The first-order valence-corrected chi connectivity index (χ1v) is 10.3. The van der Waals surface area contributed by atoms with Crippen molar-refractivity contribution in [2.75, 3.05) is 5.75 Å². The summed E-state index contributed by atoms with van der Waals surface area (Å²) in [6.07, 6.45) is 2.76. The number of carbonyl (C=O) groups excluding carboxylic acids is 1. The summed E-state index contributed by atoms with van der Waals surface area (Å²) < 4.78 is 3.57. The average molecular weight is 388 g/mol. The molecule has 0 aliphatic heterocycles. The number of hydrogen-bond acceptors (Lipinski definition) is 5. The zero-order chi connectivity index (χ0) is 19.4. The van der Waals surface area contributed by atoms with Gasteiger partial charge in [0.05, 0.1) is 16.7 Å². The summed E-state index contributed by atoms with van der Waals surface area (Å²) in [5.41, 5.74) is 0.713. The number of fused-ring (bicyclic) bond motifs is 3. The van der Waals surface area contributed by atoms with E-state index in [1.807, 2.05) is 42.5 Å². The Morgan fingerprint density at radius 2 is 2.04 bits per heavy atom. The van der Waals surface area contributed by atoms with Crippen LogP contribution >= 0.6 is 11.8 Å². The highest BCUT2D eigenvalue weighted by Crippen LogP contribution is 2.21. The van der Waals surface area contributed by atoms with Crippen molar-refractivity contribution >= 4 is 34.3 Å². The number of amides is 1. The molecule has 0 spiro atoms. The highest BCUT2D eigenvalue weighted by molar-refractivity contribution is 7.99. The molecular weight excluding hydrogens is 362 g/mol. The van der Waals surface area contributed by atoms with Gasteiger partial charge in [-0.15, -0.1) is 10.2 Å². The Hall–Kier alpha value is -2.35. The van der Waals surface area contributed by atoms with Gasteiger partial charge in [0, 0.05) is 12.6 Å². The first-order chi connectivity index (χ1) is 13.1. The normalized spacial score (nSPS) is 12.6. The van der Waals surface area contributed by atoms with E-state index in [0.29, 0.717) is 22.9 Å². The molecule has 7 nitrogen and oxygen atoms in total. The first kappa shape index (κ1) is 19.4. The zero-order valence-corrected chi connectivity index (χ0v) is 16.8. The van der Waals surface area contributed by atoms with Crippen molar-refractivity contribution < 1.29 is 4.79 Å². The average Bonchev–Trinajstić information content (AvgIpc) is 3.10. The number of benzene rings is 1. The van der Waals surface area contributed by atoms with Crippen LogP contribution in [0.5, 0.6) is 0 Å². The molecule has 0 aliphatic carbocycles. The SMILES string of the molecule is CCCCn1c(=O)c2ccccc2n2c(SCC(=O)N[C@@H](C)CC)nnc12. The third kappa shape index (κ3) is 4.00. The number of aromatic nitrogens is 4. The second-order valence-corrected chi connectivity index (χ2v) is 7.55. The number of rotatable bonds is 8. The molecule has 1 aromatic carbocycles. The molecule has 2 aromatic heterocycles. The number of thioether (sulfide) groups is 1. The molecule has 1 atom stereocenters. The minimum atomic E-state index is -0.0509. The highest BCUT2D eigenvalue weighted by Gasteiger charge is 2.17. The molecule has 1 N–H and O–H groups in total. The Morgan fingerprint density at radius 1 is 1.26 bits per heavy atom. The molecule has 0 aliphatic rings. The quantitative estimate of drug-likeness (QED) is 0.601. The molecule has 0 saturated heterocycles. The smallest absolute Gasteiger partial charge is 0.262 e. The summed E-state index contributed by atoms with van der Waals surface area (Å²) in [4.78, 5) is 25.0. The fourth-order valence-electron chi connectivity index (χ4n) is 2.89. The van der Waals surface area contributed by atoms with E-state index in [1.165, 1.54) is 11.8 Å². The van der Waals surface area contributed by atoms with Crippen LogP contribution in [0.3, 0.4) is 0 Å². The van der Waals surface area contributed by atoms with Gasteiger partial charge in [0.1, 0.15) is 0 Å². The highest BCUT2D eigenvalue weighted by atomic mass is 32.2. The lowest BCUT2D eigenvalue weighted by atomic mass is 10.2. The van der Waals surface area contributed by atoms with Crippen LogP contribution < -0.4 is 10.9 Å². The van der Waals surface area contributed by atoms with Crippen LogP contribution in [0, 0.1) is 0 Å². The fourth-order valence-corrected chi connectivity index (χ4v) is 3.64. The van der Waals surface area contributed by atoms with Gasteiger partial charge in [-0.3, -0.25) is 18.6 Å². The summed E-state index contributed by atoms with van der Waals surface area (Å²) in [6, 6.07) is 7.61. The number of nitrogens with zero attached hydrogens (tertiary/aromatic N) is 4. The van der Waals surface area contributed by atoms with Crippen molar-refractivity contribution in [3.8, 4) is 0 Å². The number of aryl methyl sites for hydroxylation is 1. The topological polar surface area (TPSA) is 81.3 Å². The van der Waals surface area contributed by atoms with Gasteiger partial charge in [-0.2, -0.15) is 0 Å². The summed E-state index contributed by atoms with van der Waals surface area (Å²) in [5, 5.41) is 12.7. The minimum absolute atomic E-state index is 0.0327. The third-order valence-electron chi connectivity index (χ3n) is 4.57. The Bertz CT molecular complexity index is 1010. The van der Waals surface area contributed by atoms with Gasteiger partial charge in [0.2, 0.25) is 11.7 Å². The van der Waals surface area contributed by atoms with Gasteiger partial charge in [0.25, 0.3) is 5.56 Å². The van der Waals surface area contributed by atoms with Gasteiger partial charge in [-0.25, -0.2) is 0 Å². The van der Waals surface area contributed by atoms with Gasteiger partial charge in [0.15, 0.2) is 5.16 Å². The van der Waals surface area contributed by atoms with E-state index in [1.54, 1.807) is 4.57 Å². The summed E-state index contributed by atoms with van der Waals surface area (Å²) >= 11 is 1.33. The van der Waals surface area contributed by atoms with Gasteiger partial charge in [-0.05, 0) is 31.9 Å². The summed E-state index contributed by atoms with van der Waals surface area (Å²) in [5.74, 6) is 0.750. The first-order valence-electron chi connectivity index (χ1n) is 9.35. The van der Waals surface area contributed by atoms with Crippen LogP contribution in [0.2, 0.25) is 0 Å². The number of carbonyl (C=O) groups is 1. The maximum absolute atomic E-state index is 12.9.